The Bertz CT molecular complexity index is 1010. The zero-order chi connectivity index (χ0) is 19.7. The molecule has 0 aliphatic carbocycles. The van der Waals surface area contributed by atoms with Crippen molar-refractivity contribution in [3.63, 3.8) is 0 Å². The van der Waals surface area contributed by atoms with Gasteiger partial charge in [-0.15, -0.1) is 0 Å². The number of nitrogens with zero attached hydrogens (tertiary/aromatic N) is 4. The van der Waals surface area contributed by atoms with Crippen molar-refractivity contribution in [2.45, 2.75) is 39.3 Å². The van der Waals surface area contributed by atoms with Gasteiger partial charge in [0, 0.05) is 37.1 Å². The summed E-state index contributed by atoms with van der Waals surface area (Å²) in [7, 11) is 0. The monoisotopic (exact) mass is 379 g/mol. The highest BCUT2D eigenvalue weighted by molar-refractivity contribution is 5.96. The molecule has 4 rings (SSSR count). The highest BCUT2D eigenvalue weighted by atomic mass is 16.3. The summed E-state index contributed by atoms with van der Waals surface area (Å²) in [5.41, 5.74) is 3.56. The highest BCUT2D eigenvalue weighted by Gasteiger charge is 2.25. The number of nitrogens with one attached hydrogen (secondary N) is 1. The largest absolute Gasteiger partial charge is 0.507 e. The topological polar surface area (TPSA) is 82.8 Å². The lowest BCUT2D eigenvalue weighted by Gasteiger charge is -2.32. The number of carbonyl (C=O) groups is 1. The average Bonchev–Trinajstić information content (AvgIpc) is 3.10. The van der Waals surface area contributed by atoms with Crippen LogP contribution in [0.2, 0.25) is 0 Å². The predicted octanol–water partition coefficient (Wildman–Crippen LogP) is 2.45. The maximum Gasteiger partial charge on any atom is 0.257 e. The summed E-state index contributed by atoms with van der Waals surface area (Å²) in [5, 5.41) is 13.5. The Morgan fingerprint density at radius 3 is 2.75 bits per heavy atom. The van der Waals surface area contributed by atoms with Crippen molar-refractivity contribution in [3.8, 4) is 5.75 Å². The van der Waals surface area contributed by atoms with Crippen molar-refractivity contribution in [2.24, 2.45) is 0 Å². The number of imidazole rings is 1. The van der Waals surface area contributed by atoms with Crippen LogP contribution in [0.25, 0.3) is 5.78 Å². The lowest BCUT2D eigenvalue weighted by atomic mass is 10.0. The van der Waals surface area contributed by atoms with Gasteiger partial charge in [0.25, 0.3) is 5.91 Å². The SMILES string of the molecule is Cc1cc(C)n2c(CNC3CCN(C(=O)c4ccccc4O)CC3)cnc2n1. The van der Waals surface area contributed by atoms with E-state index in [1.807, 2.05) is 18.0 Å². The molecule has 146 valence electrons. The van der Waals surface area contributed by atoms with Gasteiger partial charge in [-0.3, -0.25) is 9.20 Å². The molecule has 0 radical (unpaired) electrons. The van der Waals surface area contributed by atoms with E-state index in [0.717, 1.165) is 35.7 Å². The van der Waals surface area contributed by atoms with Gasteiger partial charge in [0.2, 0.25) is 5.78 Å². The maximum atomic E-state index is 12.6. The van der Waals surface area contributed by atoms with Gasteiger partial charge in [-0.25, -0.2) is 9.97 Å². The fourth-order valence-electron chi connectivity index (χ4n) is 3.88. The smallest absolute Gasteiger partial charge is 0.257 e. The van der Waals surface area contributed by atoms with Crippen molar-refractivity contribution >= 4 is 11.7 Å². The van der Waals surface area contributed by atoms with E-state index in [4.69, 9.17) is 0 Å². The summed E-state index contributed by atoms with van der Waals surface area (Å²) in [6.07, 6.45) is 3.64. The van der Waals surface area contributed by atoms with Crippen LogP contribution in [0.15, 0.2) is 36.5 Å². The van der Waals surface area contributed by atoms with Crippen LogP contribution in [-0.2, 0) is 6.54 Å². The number of para-hydroxylation sites is 1. The Kier molecular flexibility index (Phi) is 5.00. The standard InChI is InChI=1S/C21H25N5O2/c1-14-11-15(2)26-17(13-23-21(26)24-14)12-22-16-7-9-25(10-8-16)20(28)18-5-3-4-6-19(18)27/h3-6,11,13,16,22,27H,7-10,12H2,1-2H3. The van der Waals surface area contributed by atoms with Gasteiger partial charge in [-0.05, 0) is 44.9 Å². The van der Waals surface area contributed by atoms with E-state index >= 15 is 0 Å². The van der Waals surface area contributed by atoms with Crippen LogP contribution in [0.3, 0.4) is 0 Å². The van der Waals surface area contributed by atoms with E-state index in [1.165, 1.54) is 0 Å². The van der Waals surface area contributed by atoms with Crippen molar-refractivity contribution in [3.05, 3.63) is 59.2 Å². The Hall–Kier alpha value is -2.93. The van der Waals surface area contributed by atoms with Crippen molar-refractivity contribution in [1.82, 2.24) is 24.6 Å². The second-order valence-electron chi connectivity index (χ2n) is 7.39. The van der Waals surface area contributed by atoms with Gasteiger partial charge in [0.15, 0.2) is 0 Å². The van der Waals surface area contributed by atoms with Crippen molar-refractivity contribution in [2.75, 3.05) is 13.1 Å². The lowest BCUT2D eigenvalue weighted by molar-refractivity contribution is 0.0701. The van der Waals surface area contributed by atoms with E-state index in [0.29, 0.717) is 31.2 Å². The van der Waals surface area contributed by atoms with Crippen LogP contribution in [0.4, 0.5) is 0 Å². The number of phenols is 1. The molecule has 7 nitrogen and oxygen atoms in total. The normalized spacial score (nSPS) is 15.3. The third-order valence-electron chi connectivity index (χ3n) is 5.35. The third kappa shape index (κ3) is 3.57. The van der Waals surface area contributed by atoms with Crippen LogP contribution < -0.4 is 5.32 Å². The molecule has 3 heterocycles. The number of fused-ring (bicyclic) bond motifs is 1. The Labute approximate surface area is 164 Å². The quantitative estimate of drug-likeness (QED) is 0.728. The Balaban J connectivity index is 1.35. The molecule has 28 heavy (non-hydrogen) atoms. The molecule has 2 aromatic heterocycles. The summed E-state index contributed by atoms with van der Waals surface area (Å²) in [5.74, 6) is 0.673. The molecule has 7 heteroatoms. The number of amides is 1. The Morgan fingerprint density at radius 2 is 2.00 bits per heavy atom. The summed E-state index contributed by atoms with van der Waals surface area (Å²) in [6.45, 7) is 6.11. The van der Waals surface area contributed by atoms with Gasteiger partial charge < -0.3 is 15.3 Å². The minimum atomic E-state index is -0.101. The van der Waals surface area contributed by atoms with Crippen molar-refractivity contribution < 1.29 is 9.90 Å². The number of benzene rings is 1. The van der Waals surface area contributed by atoms with Crippen LogP contribution >= 0.6 is 0 Å². The molecule has 1 aliphatic heterocycles. The molecule has 1 aliphatic rings. The third-order valence-corrected chi connectivity index (χ3v) is 5.35. The number of aryl methyl sites for hydroxylation is 2. The average molecular weight is 379 g/mol. The molecule has 3 aromatic rings. The number of aromatic hydroxyl groups is 1. The number of phenolic OH excluding ortho intramolecular Hbond substituents is 1. The van der Waals surface area contributed by atoms with Gasteiger partial charge in [-0.1, -0.05) is 12.1 Å². The molecule has 1 amide bonds. The molecule has 0 saturated carbocycles. The lowest BCUT2D eigenvalue weighted by Crippen LogP contribution is -2.44. The first-order valence-corrected chi connectivity index (χ1v) is 9.64. The first kappa shape index (κ1) is 18.4. The second-order valence-corrected chi connectivity index (χ2v) is 7.39. The van der Waals surface area contributed by atoms with E-state index in [2.05, 4.69) is 32.7 Å². The van der Waals surface area contributed by atoms with Crippen molar-refractivity contribution in [1.29, 1.82) is 0 Å². The summed E-state index contributed by atoms with van der Waals surface area (Å²) in [6, 6.07) is 9.12. The predicted molar refractivity (Wildman–Crippen MR) is 106 cm³/mol. The van der Waals surface area contributed by atoms with E-state index in [1.54, 1.807) is 24.3 Å². The van der Waals surface area contributed by atoms with Crippen LogP contribution in [-0.4, -0.2) is 49.4 Å². The summed E-state index contributed by atoms with van der Waals surface area (Å²) >= 11 is 0. The van der Waals surface area contributed by atoms with Crippen LogP contribution in [0, 0.1) is 13.8 Å². The highest BCUT2D eigenvalue weighted by Crippen LogP contribution is 2.21. The van der Waals surface area contributed by atoms with E-state index < -0.39 is 0 Å². The molecule has 0 atom stereocenters. The molecular weight excluding hydrogens is 354 g/mol. The molecule has 1 aromatic carbocycles. The minimum absolute atomic E-state index is 0.0413. The number of piperidine rings is 1. The number of likely N-dealkylation sites (tertiary alicyclic amines) is 1. The van der Waals surface area contributed by atoms with Gasteiger partial charge in [-0.2, -0.15) is 0 Å². The van der Waals surface area contributed by atoms with Gasteiger partial charge in [0.05, 0.1) is 17.5 Å². The van der Waals surface area contributed by atoms with Gasteiger partial charge >= 0.3 is 0 Å². The van der Waals surface area contributed by atoms with E-state index in [9.17, 15) is 9.90 Å². The zero-order valence-electron chi connectivity index (χ0n) is 16.2. The first-order valence-electron chi connectivity index (χ1n) is 9.64. The van der Waals surface area contributed by atoms with Crippen LogP contribution in [0.5, 0.6) is 5.75 Å². The summed E-state index contributed by atoms with van der Waals surface area (Å²) in [4.78, 5) is 23.3. The number of hydrogen-bond donors (Lipinski definition) is 2. The molecular formula is C21H25N5O2. The maximum absolute atomic E-state index is 12.6. The second kappa shape index (κ2) is 7.59. The fraction of sp³-hybridized carbons (Fsp3) is 0.381. The molecule has 0 unspecified atom stereocenters. The molecule has 2 N–H and O–H groups in total. The molecule has 0 bridgehead atoms. The number of carbonyl (C=O) groups excluding carboxylic acids is 1. The zero-order valence-corrected chi connectivity index (χ0v) is 16.2. The fourth-order valence-corrected chi connectivity index (χ4v) is 3.88. The molecule has 0 spiro atoms. The first-order chi connectivity index (χ1) is 13.5. The number of aromatic nitrogens is 3. The minimum Gasteiger partial charge on any atom is -0.507 e. The Morgan fingerprint density at radius 1 is 1.25 bits per heavy atom. The molecule has 1 saturated heterocycles. The van der Waals surface area contributed by atoms with E-state index in [-0.39, 0.29) is 11.7 Å². The number of rotatable bonds is 4. The summed E-state index contributed by atoms with van der Waals surface area (Å²) < 4.78 is 2.08. The number of hydrogen-bond acceptors (Lipinski definition) is 5. The van der Waals surface area contributed by atoms with Gasteiger partial charge in [0.1, 0.15) is 5.75 Å². The molecule has 1 fully saturated rings. The van der Waals surface area contributed by atoms with Crippen LogP contribution in [0.1, 0.15) is 40.3 Å².